The number of hydrogen-bond donors (Lipinski definition) is 0. The van der Waals surface area contributed by atoms with E-state index in [1.54, 1.807) is 37.3 Å². The summed E-state index contributed by atoms with van der Waals surface area (Å²) in [5.41, 5.74) is 2.38. The Hall–Kier alpha value is -1.95. The zero-order valence-electron chi connectivity index (χ0n) is 17.0. The molecule has 6 heteroatoms. The second-order valence-corrected chi connectivity index (χ2v) is 10.0. The Bertz CT molecular complexity index is 952. The van der Waals surface area contributed by atoms with Gasteiger partial charge in [0, 0.05) is 11.4 Å². The van der Waals surface area contributed by atoms with Gasteiger partial charge in [-0.1, -0.05) is 60.1 Å². The molecule has 29 heavy (non-hydrogen) atoms. The Balaban J connectivity index is 2.12. The van der Waals surface area contributed by atoms with Crippen molar-refractivity contribution < 1.29 is 17.9 Å². The largest absolute Gasteiger partial charge is 0.369 e. The summed E-state index contributed by atoms with van der Waals surface area (Å²) >= 11 is 5.96. The molecule has 0 N–H and O–H groups in total. The lowest BCUT2D eigenvalue weighted by Crippen LogP contribution is -2.22. The zero-order valence-corrected chi connectivity index (χ0v) is 18.5. The first kappa shape index (κ1) is 23.3. The lowest BCUT2D eigenvalue weighted by Gasteiger charge is -2.19. The van der Waals surface area contributed by atoms with Gasteiger partial charge in [-0.25, -0.2) is 8.42 Å². The molecule has 0 aromatic heterocycles. The molecule has 0 bridgehead atoms. The second-order valence-electron chi connectivity index (χ2n) is 7.24. The molecule has 156 valence electrons. The van der Waals surface area contributed by atoms with Crippen LogP contribution >= 0.6 is 11.6 Å². The van der Waals surface area contributed by atoms with Crippen LogP contribution in [0.2, 0.25) is 5.02 Å². The minimum absolute atomic E-state index is 0.00903. The third-order valence-corrected chi connectivity index (χ3v) is 6.84. The fraction of sp³-hybridized carbons (Fsp3) is 0.348. The van der Waals surface area contributed by atoms with Crippen LogP contribution in [0.3, 0.4) is 0 Å². The summed E-state index contributed by atoms with van der Waals surface area (Å²) in [6.45, 7) is 5.31. The summed E-state index contributed by atoms with van der Waals surface area (Å²) in [7, 11) is -3.43. The Morgan fingerprint density at radius 2 is 1.72 bits per heavy atom. The minimum atomic E-state index is -3.43. The molecule has 2 aromatic carbocycles. The van der Waals surface area contributed by atoms with Crippen molar-refractivity contribution in [2.24, 2.45) is 0 Å². The number of Topliss-reactive ketones (excluding diaryl/α,β-unsaturated/α-hetero) is 1. The topological polar surface area (TPSA) is 60.4 Å². The smallest absolute Gasteiger partial charge is 0.160 e. The van der Waals surface area contributed by atoms with E-state index in [2.05, 4.69) is 0 Å². The van der Waals surface area contributed by atoms with Crippen molar-refractivity contribution >= 4 is 27.2 Å². The first-order valence-corrected chi connectivity index (χ1v) is 11.6. The number of halogens is 1. The molecule has 0 heterocycles. The lowest BCUT2D eigenvalue weighted by molar-refractivity contribution is -0.119. The molecule has 0 spiro atoms. The van der Waals surface area contributed by atoms with Crippen LogP contribution in [-0.4, -0.2) is 25.6 Å². The van der Waals surface area contributed by atoms with Gasteiger partial charge in [0.1, 0.15) is 5.78 Å². The highest BCUT2D eigenvalue weighted by Gasteiger charge is 2.22. The highest BCUT2D eigenvalue weighted by atomic mass is 35.5. The summed E-state index contributed by atoms with van der Waals surface area (Å²) in [4.78, 5) is 11.7. The fourth-order valence-corrected chi connectivity index (χ4v) is 4.50. The first-order valence-electron chi connectivity index (χ1n) is 9.46. The van der Waals surface area contributed by atoms with Crippen molar-refractivity contribution in [1.82, 2.24) is 0 Å². The Labute approximate surface area is 178 Å². The number of ketones is 1. The quantitative estimate of drug-likeness (QED) is 0.485. The Morgan fingerprint density at radius 3 is 2.34 bits per heavy atom. The second kappa shape index (κ2) is 10.7. The van der Waals surface area contributed by atoms with Gasteiger partial charge >= 0.3 is 0 Å². The van der Waals surface area contributed by atoms with Crippen LogP contribution in [0.25, 0.3) is 0 Å². The van der Waals surface area contributed by atoms with Crippen molar-refractivity contribution in [3.05, 3.63) is 82.4 Å². The zero-order chi connectivity index (χ0) is 21.4. The van der Waals surface area contributed by atoms with Gasteiger partial charge in [0.2, 0.25) is 0 Å². The predicted octanol–water partition coefficient (Wildman–Crippen LogP) is 5.15. The molecular weight excluding hydrogens is 408 g/mol. The van der Waals surface area contributed by atoms with Crippen molar-refractivity contribution in [3.8, 4) is 0 Å². The van der Waals surface area contributed by atoms with Gasteiger partial charge in [0.15, 0.2) is 9.84 Å². The summed E-state index contributed by atoms with van der Waals surface area (Å²) in [6, 6.07) is 16.5. The van der Waals surface area contributed by atoms with Crippen LogP contribution in [0, 0.1) is 0 Å². The molecular formula is C23H27ClO4S. The van der Waals surface area contributed by atoms with Crippen LogP contribution < -0.4 is 0 Å². The monoisotopic (exact) mass is 434 g/mol. The maximum Gasteiger partial charge on any atom is 0.160 e. The lowest BCUT2D eigenvalue weighted by atomic mass is 10.0. The van der Waals surface area contributed by atoms with Crippen molar-refractivity contribution in [2.45, 2.75) is 50.9 Å². The first-order chi connectivity index (χ1) is 13.7. The molecule has 0 saturated heterocycles. The summed E-state index contributed by atoms with van der Waals surface area (Å²) in [6.07, 6.45) is 1.42. The average molecular weight is 435 g/mol. The Kier molecular flexibility index (Phi) is 8.62. The van der Waals surface area contributed by atoms with E-state index in [1.165, 1.54) is 6.92 Å². The van der Waals surface area contributed by atoms with Crippen LogP contribution in [0.4, 0.5) is 0 Å². The van der Waals surface area contributed by atoms with Gasteiger partial charge in [0.05, 0.1) is 23.7 Å². The summed E-state index contributed by atoms with van der Waals surface area (Å²) in [5, 5.41) is -0.204. The minimum Gasteiger partial charge on any atom is -0.369 e. The molecule has 0 aliphatic rings. The average Bonchev–Trinajstić information content (AvgIpc) is 2.65. The standard InChI is InChI=1S/C23H27ClO4S/c1-17(23(13-18(2)25)28-15-20-8-5-4-6-9-20)12-19(3)29(26,27)16-21-10-7-11-22(24)14-21/h4-12,14,19,23H,13,15-16H2,1-3H3/b17-12-/t19-,23+/m0/s1. The van der Waals surface area contributed by atoms with Gasteiger partial charge in [-0.2, -0.15) is 0 Å². The Morgan fingerprint density at radius 1 is 1.07 bits per heavy atom. The third kappa shape index (κ3) is 7.77. The normalized spacial score (nSPS) is 14.4. The number of carbonyl (C=O) groups excluding carboxylic acids is 1. The molecule has 0 aliphatic carbocycles. The van der Waals surface area contributed by atoms with Crippen molar-refractivity contribution in [1.29, 1.82) is 0 Å². The van der Waals surface area contributed by atoms with E-state index in [-0.39, 0.29) is 18.0 Å². The third-order valence-electron chi connectivity index (χ3n) is 4.60. The summed E-state index contributed by atoms with van der Waals surface area (Å²) in [5.74, 6) is -0.106. The predicted molar refractivity (Wildman–Crippen MR) is 118 cm³/mol. The molecule has 2 aromatic rings. The maximum atomic E-state index is 12.8. The van der Waals surface area contributed by atoms with E-state index in [0.29, 0.717) is 17.2 Å². The maximum absolute atomic E-state index is 12.8. The number of rotatable bonds is 10. The van der Waals surface area contributed by atoms with Crippen LogP contribution in [0.5, 0.6) is 0 Å². The van der Waals surface area contributed by atoms with E-state index in [1.807, 2.05) is 37.3 Å². The molecule has 2 rings (SSSR count). The molecule has 0 amide bonds. The molecule has 0 aliphatic heterocycles. The van der Waals surface area contributed by atoms with Gasteiger partial charge in [-0.3, -0.25) is 4.79 Å². The number of hydrogen-bond acceptors (Lipinski definition) is 4. The van der Waals surface area contributed by atoms with E-state index in [9.17, 15) is 13.2 Å². The van der Waals surface area contributed by atoms with Crippen LogP contribution in [0.15, 0.2) is 66.2 Å². The molecule has 2 atom stereocenters. The molecule has 0 saturated carbocycles. The van der Waals surface area contributed by atoms with E-state index >= 15 is 0 Å². The fourth-order valence-electron chi connectivity index (χ4n) is 2.96. The highest BCUT2D eigenvalue weighted by Crippen LogP contribution is 2.20. The van der Waals surface area contributed by atoms with Crippen molar-refractivity contribution in [3.63, 3.8) is 0 Å². The number of benzene rings is 2. The summed E-state index contributed by atoms with van der Waals surface area (Å²) < 4.78 is 31.5. The highest BCUT2D eigenvalue weighted by molar-refractivity contribution is 7.91. The van der Waals surface area contributed by atoms with E-state index < -0.39 is 21.2 Å². The number of ether oxygens (including phenoxy) is 1. The molecule has 0 unspecified atom stereocenters. The SMILES string of the molecule is CC(=O)C[C@@H](OCc1ccccc1)/C(C)=C\[C@H](C)S(=O)(=O)Cc1cccc(Cl)c1. The van der Waals surface area contributed by atoms with Crippen molar-refractivity contribution in [2.75, 3.05) is 0 Å². The molecule has 0 fully saturated rings. The van der Waals surface area contributed by atoms with E-state index in [0.717, 1.165) is 11.1 Å². The van der Waals surface area contributed by atoms with Crippen LogP contribution in [-0.2, 0) is 31.7 Å². The van der Waals surface area contributed by atoms with Gasteiger partial charge in [-0.15, -0.1) is 0 Å². The van der Waals surface area contributed by atoms with Gasteiger partial charge in [0.25, 0.3) is 0 Å². The number of sulfone groups is 1. The van der Waals surface area contributed by atoms with Gasteiger partial charge < -0.3 is 4.74 Å². The number of carbonyl (C=O) groups is 1. The molecule has 0 radical (unpaired) electrons. The van der Waals surface area contributed by atoms with Crippen LogP contribution in [0.1, 0.15) is 38.3 Å². The van der Waals surface area contributed by atoms with Gasteiger partial charge in [-0.05, 0) is 49.6 Å². The van der Waals surface area contributed by atoms with E-state index in [4.69, 9.17) is 16.3 Å². The molecule has 4 nitrogen and oxygen atoms in total.